The molecule has 0 radical (unpaired) electrons. The molecule has 1 aromatic heterocycles. The number of fused-ring (bicyclic) bond motifs is 2. The van der Waals surface area contributed by atoms with E-state index in [-0.39, 0.29) is 42.8 Å². The van der Waals surface area contributed by atoms with Crippen molar-refractivity contribution in [2.24, 2.45) is 17.8 Å². The predicted octanol–water partition coefficient (Wildman–Crippen LogP) is 5.40. The van der Waals surface area contributed by atoms with E-state index in [0.717, 1.165) is 24.8 Å². The summed E-state index contributed by atoms with van der Waals surface area (Å²) in [6.07, 6.45) is 1.20. The summed E-state index contributed by atoms with van der Waals surface area (Å²) in [5, 5.41) is 21.2. The lowest BCUT2D eigenvalue weighted by Gasteiger charge is -2.20. The molecule has 0 saturated heterocycles. The highest BCUT2D eigenvalue weighted by molar-refractivity contribution is 6.36. The first-order valence-electron chi connectivity index (χ1n) is 17.0. The number of carbonyl (C=O) groups excluding carboxylic acids is 3. The number of carboxylic acid groups (broad SMARTS) is 1. The molecule has 1 unspecified atom stereocenters. The number of anilines is 3. The van der Waals surface area contributed by atoms with Gasteiger partial charge in [-0.15, -0.1) is 0 Å². The molecular formula is C35H37ClF3N7O6. The number of aromatic nitrogens is 3. The zero-order valence-electron chi connectivity index (χ0n) is 27.8. The number of hydrogen-bond donors (Lipinski definition) is 5. The standard InChI is InChI=1S/C35H37ClF3N7O6/c36-24-7-5-23(6-8-24)34(12-13-34)46-32-43-31(44-33(45-32)52-18-35(37,38)39)41-25-9-3-20(4-10-25)28(48)42-26(30(50)51)11-14-40-29(49)27(47)17-22-16-19-1-2-21(22)15-19/h3-10,19,21-22,26H,1-2,11-18H2,(H,40,49)(H,42,48)(H,50,51)(H2,41,43,44,45,46)/t19-,21+,22?,26-/m0/s1. The van der Waals surface area contributed by atoms with E-state index in [0.29, 0.717) is 35.4 Å². The van der Waals surface area contributed by atoms with Crippen molar-refractivity contribution in [2.75, 3.05) is 23.8 Å². The molecule has 3 aliphatic carbocycles. The normalized spacial score (nSPS) is 20.4. The Balaban J connectivity index is 1.05. The summed E-state index contributed by atoms with van der Waals surface area (Å²) in [4.78, 5) is 61.9. The Morgan fingerprint density at radius 1 is 0.962 bits per heavy atom. The van der Waals surface area contributed by atoms with Crippen LogP contribution in [0.3, 0.4) is 0 Å². The van der Waals surface area contributed by atoms with Crippen LogP contribution in [0.25, 0.3) is 0 Å². The lowest BCUT2D eigenvalue weighted by atomic mass is 9.85. The number of rotatable bonds is 16. The van der Waals surface area contributed by atoms with Gasteiger partial charge in [-0.2, -0.15) is 28.1 Å². The maximum Gasteiger partial charge on any atom is 0.422 e. The van der Waals surface area contributed by atoms with Crippen LogP contribution in [0.1, 0.15) is 67.3 Å². The van der Waals surface area contributed by atoms with E-state index in [9.17, 15) is 37.5 Å². The predicted molar refractivity (Wildman–Crippen MR) is 182 cm³/mol. The van der Waals surface area contributed by atoms with Gasteiger partial charge >= 0.3 is 18.2 Å². The molecule has 5 N–H and O–H groups in total. The highest BCUT2D eigenvalue weighted by Crippen LogP contribution is 2.50. The monoisotopic (exact) mass is 743 g/mol. The number of aliphatic carboxylic acids is 1. The summed E-state index contributed by atoms with van der Waals surface area (Å²) in [5.41, 5.74) is 0.796. The van der Waals surface area contributed by atoms with Crippen LogP contribution in [0, 0.1) is 17.8 Å². The largest absolute Gasteiger partial charge is 0.480 e. The molecule has 3 aliphatic rings. The fourth-order valence-electron chi connectivity index (χ4n) is 6.99. The zero-order chi connectivity index (χ0) is 37.0. The van der Waals surface area contributed by atoms with Crippen molar-refractivity contribution < 1.29 is 42.2 Å². The van der Waals surface area contributed by atoms with E-state index < -0.39 is 53.9 Å². The van der Waals surface area contributed by atoms with Crippen LogP contribution in [-0.2, 0) is 19.9 Å². The van der Waals surface area contributed by atoms with Crippen LogP contribution in [0.2, 0.25) is 5.02 Å². The number of carboxylic acids is 1. The maximum absolute atomic E-state index is 12.9. The van der Waals surface area contributed by atoms with E-state index in [1.54, 1.807) is 12.1 Å². The van der Waals surface area contributed by atoms with Gasteiger partial charge in [-0.05, 0) is 98.2 Å². The van der Waals surface area contributed by atoms with Crippen LogP contribution in [-0.4, -0.2) is 69.0 Å². The van der Waals surface area contributed by atoms with Gasteiger partial charge < -0.3 is 31.1 Å². The molecule has 3 aromatic rings. The summed E-state index contributed by atoms with van der Waals surface area (Å²) in [5.74, 6) is -2.08. The molecule has 6 rings (SSSR count). The Morgan fingerprint density at radius 2 is 1.67 bits per heavy atom. The van der Waals surface area contributed by atoms with Gasteiger partial charge in [0.2, 0.25) is 17.7 Å². The van der Waals surface area contributed by atoms with Crippen molar-refractivity contribution >= 4 is 52.8 Å². The molecular weight excluding hydrogens is 707 g/mol. The SMILES string of the molecule is O=C(CC1C[C@H]2CC[C@@H]1C2)C(=O)NCC[C@H](NC(=O)c1ccc(Nc2nc(NC3(c4ccc(Cl)cc4)CC3)nc(OCC(F)(F)F)n2)cc1)C(=O)O. The van der Waals surface area contributed by atoms with Gasteiger partial charge in [0.15, 0.2) is 6.61 Å². The second-order valence-corrected chi connectivity index (χ2v) is 14.0. The molecule has 0 spiro atoms. The van der Waals surface area contributed by atoms with Crippen molar-refractivity contribution in [3.05, 3.63) is 64.7 Å². The summed E-state index contributed by atoms with van der Waals surface area (Å²) >= 11 is 6.02. The lowest BCUT2D eigenvalue weighted by molar-refractivity contribution is -0.154. The molecule has 276 valence electrons. The highest BCUT2D eigenvalue weighted by atomic mass is 35.5. The van der Waals surface area contributed by atoms with E-state index in [2.05, 4.69) is 36.2 Å². The smallest absolute Gasteiger partial charge is 0.422 e. The topological polar surface area (TPSA) is 185 Å². The minimum absolute atomic E-state index is 0.0287. The van der Waals surface area contributed by atoms with Gasteiger partial charge in [-0.25, -0.2) is 4.79 Å². The Kier molecular flexibility index (Phi) is 10.8. The lowest BCUT2D eigenvalue weighted by Crippen LogP contribution is -2.43. The number of halogens is 4. The molecule has 52 heavy (non-hydrogen) atoms. The molecule has 1 heterocycles. The molecule has 3 fully saturated rings. The number of ketones is 1. The molecule has 13 nitrogen and oxygen atoms in total. The average Bonchev–Trinajstić information content (AvgIpc) is 3.56. The molecule has 2 amide bonds. The fraction of sp³-hybridized carbons (Fsp3) is 0.457. The first-order chi connectivity index (χ1) is 24.7. The number of hydrogen-bond acceptors (Lipinski definition) is 10. The number of nitrogens with zero attached hydrogens (tertiary/aromatic N) is 3. The summed E-state index contributed by atoms with van der Waals surface area (Å²) in [7, 11) is 0. The molecule has 3 saturated carbocycles. The third kappa shape index (κ3) is 9.46. The van der Waals surface area contributed by atoms with Crippen LogP contribution in [0.15, 0.2) is 48.5 Å². The second kappa shape index (κ2) is 15.3. The Hall–Kier alpha value is -4.99. The quantitative estimate of drug-likeness (QED) is 0.119. The van der Waals surface area contributed by atoms with Crippen LogP contribution in [0.5, 0.6) is 6.01 Å². The van der Waals surface area contributed by atoms with Gasteiger partial charge in [-0.3, -0.25) is 14.4 Å². The third-order valence-corrected chi connectivity index (χ3v) is 10.0. The van der Waals surface area contributed by atoms with E-state index in [4.69, 9.17) is 16.3 Å². The van der Waals surface area contributed by atoms with Gasteiger partial charge in [0.25, 0.3) is 11.8 Å². The van der Waals surface area contributed by atoms with E-state index in [1.807, 2.05) is 12.1 Å². The first kappa shape index (κ1) is 36.8. The van der Waals surface area contributed by atoms with Gasteiger partial charge in [0.05, 0.1) is 5.54 Å². The van der Waals surface area contributed by atoms with E-state index >= 15 is 0 Å². The molecule has 4 atom stereocenters. The van der Waals surface area contributed by atoms with Crippen molar-refractivity contribution in [1.82, 2.24) is 25.6 Å². The van der Waals surface area contributed by atoms with Gasteiger partial charge in [0.1, 0.15) is 6.04 Å². The number of carbonyl (C=O) groups is 4. The number of benzene rings is 2. The van der Waals surface area contributed by atoms with Crippen molar-refractivity contribution in [3.8, 4) is 6.01 Å². The number of ether oxygens (including phenoxy) is 1. The molecule has 0 aliphatic heterocycles. The van der Waals surface area contributed by atoms with Crippen molar-refractivity contribution in [1.29, 1.82) is 0 Å². The number of amides is 2. The summed E-state index contributed by atoms with van der Waals surface area (Å²) < 4.78 is 43.6. The first-order valence-corrected chi connectivity index (χ1v) is 17.3. The van der Waals surface area contributed by atoms with Crippen molar-refractivity contribution in [2.45, 2.75) is 69.1 Å². The molecule has 2 aromatic carbocycles. The Labute approximate surface area is 301 Å². The van der Waals surface area contributed by atoms with Gasteiger partial charge in [-0.1, -0.05) is 30.2 Å². The molecule has 17 heteroatoms. The highest BCUT2D eigenvalue weighted by Gasteiger charge is 2.45. The van der Waals surface area contributed by atoms with Crippen LogP contribution in [0.4, 0.5) is 30.8 Å². The van der Waals surface area contributed by atoms with Crippen molar-refractivity contribution in [3.63, 3.8) is 0 Å². The Bertz CT molecular complexity index is 1810. The number of alkyl halides is 3. The minimum Gasteiger partial charge on any atom is -0.480 e. The number of Topliss-reactive ketones (excluding diaryl/α,β-unsaturated/α-hetero) is 1. The average molecular weight is 744 g/mol. The summed E-state index contributed by atoms with van der Waals surface area (Å²) in [6.45, 7) is -1.75. The van der Waals surface area contributed by atoms with Gasteiger partial charge in [0, 0.05) is 29.2 Å². The molecule has 2 bridgehead atoms. The number of nitrogens with one attached hydrogen (secondary N) is 4. The third-order valence-electron chi connectivity index (χ3n) is 9.79. The van der Waals surface area contributed by atoms with E-state index in [1.165, 1.54) is 30.7 Å². The zero-order valence-corrected chi connectivity index (χ0v) is 28.6. The maximum atomic E-state index is 12.9. The fourth-order valence-corrected chi connectivity index (χ4v) is 7.12. The minimum atomic E-state index is -4.63. The van der Waals surface area contributed by atoms with Crippen LogP contribution < -0.4 is 26.0 Å². The Morgan fingerprint density at radius 3 is 2.29 bits per heavy atom. The van der Waals surface area contributed by atoms with Crippen LogP contribution >= 0.6 is 11.6 Å². The second-order valence-electron chi connectivity index (χ2n) is 13.6. The summed E-state index contributed by atoms with van der Waals surface area (Å²) in [6, 6.07) is 10.9.